The van der Waals surface area contributed by atoms with Gasteiger partial charge in [-0.15, -0.1) is 11.6 Å². The number of nitrogens with zero attached hydrogens (tertiary/aromatic N) is 1. The van der Waals surface area contributed by atoms with E-state index >= 15 is 0 Å². The summed E-state index contributed by atoms with van der Waals surface area (Å²) >= 11 is 5.83. The maximum absolute atomic E-state index is 12.4. The van der Waals surface area contributed by atoms with E-state index in [0.717, 1.165) is 22.4 Å². The lowest BCUT2D eigenvalue weighted by Crippen LogP contribution is -2.34. The molecule has 0 saturated heterocycles. The second-order valence-electron chi connectivity index (χ2n) is 6.25. The van der Waals surface area contributed by atoms with Crippen LogP contribution in [-0.2, 0) is 9.53 Å². The predicted octanol–water partition coefficient (Wildman–Crippen LogP) is 4.58. The standard InChI is InChI=1S/C19H28ClNO2/c1-13(2)16-8-7-15(5)17(11-16)19(14(3)4)21(9-10-23-6)18(22)12-20/h7-8,11,13H,9-10,12H2,1-6H3. The molecule has 0 atom stereocenters. The van der Waals surface area contributed by atoms with Gasteiger partial charge in [-0.25, -0.2) is 0 Å². The highest BCUT2D eigenvalue weighted by molar-refractivity contribution is 6.27. The molecule has 0 aliphatic carbocycles. The fraction of sp³-hybridized carbons (Fsp3) is 0.526. The second kappa shape index (κ2) is 9.09. The number of allylic oxidation sites excluding steroid dienone is 1. The van der Waals surface area contributed by atoms with Crippen LogP contribution in [0.25, 0.3) is 5.70 Å². The van der Waals surface area contributed by atoms with Crippen LogP contribution in [0.15, 0.2) is 23.8 Å². The molecular weight excluding hydrogens is 310 g/mol. The van der Waals surface area contributed by atoms with Gasteiger partial charge in [-0.2, -0.15) is 0 Å². The lowest BCUT2D eigenvalue weighted by atomic mass is 9.94. The number of halogens is 1. The van der Waals surface area contributed by atoms with E-state index in [0.29, 0.717) is 19.1 Å². The van der Waals surface area contributed by atoms with Crippen LogP contribution in [0, 0.1) is 6.92 Å². The topological polar surface area (TPSA) is 29.5 Å². The van der Waals surface area contributed by atoms with E-state index in [9.17, 15) is 4.79 Å². The van der Waals surface area contributed by atoms with Gasteiger partial charge in [0, 0.05) is 24.9 Å². The summed E-state index contributed by atoms with van der Waals surface area (Å²) in [5.41, 5.74) is 5.52. The lowest BCUT2D eigenvalue weighted by Gasteiger charge is -2.28. The molecule has 0 aromatic heterocycles. The molecule has 23 heavy (non-hydrogen) atoms. The Kier molecular flexibility index (Phi) is 7.80. The maximum Gasteiger partial charge on any atom is 0.242 e. The molecular formula is C19H28ClNO2. The average molecular weight is 338 g/mol. The van der Waals surface area contributed by atoms with Crippen LogP contribution in [0.3, 0.4) is 0 Å². The van der Waals surface area contributed by atoms with Gasteiger partial charge >= 0.3 is 0 Å². The Morgan fingerprint density at radius 1 is 1.30 bits per heavy atom. The number of carbonyl (C=O) groups is 1. The van der Waals surface area contributed by atoms with Crippen molar-refractivity contribution in [1.29, 1.82) is 0 Å². The molecule has 0 N–H and O–H groups in total. The van der Waals surface area contributed by atoms with Gasteiger partial charge in [-0.3, -0.25) is 4.79 Å². The van der Waals surface area contributed by atoms with Crippen LogP contribution in [0.5, 0.6) is 0 Å². The zero-order valence-corrected chi connectivity index (χ0v) is 15.8. The van der Waals surface area contributed by atoms with Gasteiger partial charge < -0.3 is 9.64 Å². The molecule has 0 aliphatic heterocycles. The minimum atomic E-state index is -0.103. The van der Waals surface area contributed by atoms with Crippen LogP contribution < -0.4 is 0 Å². The SMILES string of the molecule is COCCN(C(=O)CCl)C(=C(C)C)c1cc(C(C)C)ccc1C. The van der Waals surface area contributed by atoms with Crippen molar-refractivity contribution >= 4 is 23.2 Å². The zero-order valence-electron chi connectivity index (χ0n) is 15.1. The van der Waals surface area contributed by atoms with E-state index < -0.39 is 0 Å². The molecule has 0 unspecified atom stereocenters. The van der Waals surface area contributed by atoms with E-state index in [4.69, 9.17) is 16.3 Å². The van der Waals surface area contributed by atoms with Gasteiger partial charge in [-0.1, -0.05) is 31.6 Å². The predicted molar refractivity (Wildman–Crippen MR) is 97.8 cm³/mol. The molecule has 0 fully saturated rings. The normalized spacial score (nSPS) is 10.8. The minimum absolute atomic E-state index is 0.0383. The molecule has 128 valence electrons. The fourth-order valence-electron chi connectivity index (χ4n) is 2.55. The molecule has 0 spiro atoms. The van der Waals surface area contributed by atoms with Crippen LogP contribution in [0.1, 0.15) is 50.3 Å². The molecule has 0 heterocycles. The number of ether oxygens (including phenoxy) is 1. The number of amides is 1. The Bertz CT molecular complexity index is 575. The van der Waals surface area contributed by atoms with Gasteiger partial charge in [0.05, 0.1) is 6.61 Å². The molecule has 0 aliphatic rings. The van der Waals surface area contributed by atoms with E-state index in [1.807, 2.05) is 13.8 Å². The van der Waals surface area contributed by atoms with Crippen LogP contribution >= 0.6 is 11.6 Å². The van der Waals surface area contributed by atoms with Crippen molar-refractivity contribution < 1.29 is 9.53 Å². The van der Waals surface area contributed by atoms with Crippen molar-refractivity contribution in [2.45, 2.75) is 40.5 Å². The van der Waals surface area contributed by atoms with Crippen molar-refractivity contribution in [1.82, 2.24) is 4.90 Å². The lowest BCUT2D eigenvalue weighted by molar-refractivity contribution is -0.125. The van der Waals surface area contributed by atoms with Gasteiger partial charge in [0.2, 0.25) is 5.91 Å². The van der Waals surface area contributed by atoms with E-state index in [2.05, 4.69) is 39.0 Å². The summed E-state index contributed by atoms with van der Waals surface area (Å²) in [6, 6.07) is 6.45. The Hall–Kier alpha value is -1.32. The highest BCUT2D eigenvalue weighted by Gasteiger charge is 2.21. The van der Waals surface area contributed by atoms with Crippen molar-refractivity contribution in [2.24, 2.45) is 0 Å². The highest BCUT2D eigenvalue weighted by atomic mass is 35.5. The van der Waals surface area contributed by atoms with Gasteiger partial charge in [0.25, 0.3) is 0 Å². The van der Waals surface area contributed by atoms with Crippen LogP contribution in [0.4, 0.5) is 0 Å². The maximum atomic E-state index is 12.4. The third-order valence-corrected chi connectivity index (χ3v) is 4.09. The monoisotopic (exact) mass is 337 g/mol. The first kappa shape index (κ1) is 19.7. The van der Waals surface area contributed by atoms with E-state index in [1.165, 1.54) is 5.56 Å². The van der Waals surface area contributed by atoms with Gasteiger partial charge in [0.1, 0.15) is 5.88 Å². The Morgan fingerprint density at radius 3 is 2.43 bits per heavy atom. The fourth-order valence-corrected chi connectivity index (χ4v) is 2.70. The molecule has 1 aromatic rings. The molecule has 1 aromatic carbocycles. The number of benzene rings is 1. The van der Waals surface area contributed by atoms with E-state index in [1.54, 1.807) is 12.0 Å². The number of alkyl halides is 1. The smallest absolute Gasteiger partial charge is 0.242 e. The summed E-state index contributed by atoms with van der Waals surface area (Å²) in [7, 11) is 1.64. The molecule has 4 heteroatoms. The molecule has 1 amide bonds. The summed E-state index contributed by atoms with van der Waals surface area (Å²) in [6.45, 7) is 11.4. The zero-order chi connectivity index (χ0) is 17.6. The average Bonchev–Trinajstić information content (AvgIpc) is 2.51. The largest absolute Gasteiger partial charge is 0.383 e. The quantitative estimate of drug-likeness (QED) is 0.681. The number of carbonyl (C=O) groups excluding carboxylic acids is 1. The van der Waals surface area contributed by atoms with Crippen molar-refractivity contribution in [3.05, 3.63) is 40.5 Å². The summed E-state index contributed by atoms with van der Waals surface area (Å²) in [6.07, 6.45) is 0. The molecule has 3 nitrogen and oxygen atoms in total. The summed E-state index contributed by atoms with van der Waals surface area (Å²) in [5.74, 6) is 0.293. The third-order valence-electron chi connectivity index (χ3n) is 3.86. The van der Waals surface area contributed by atoms with Crippen molar-refractivity contribution in [3.63, 3.8) is 0 Å². The first-order chi connectivity index (χ1) is 10.8. The van der Waals surface area contributed by atoms with Crippen LogP contribution in [0.2, 0.25) is 0 Å². The summed E-state index contributed by atoms with van der Waals surface area (Å²) < 4.78 is 5.17. The number of rotatable bonds is 7. The summed E-state index contributed by atoms with van der Waals surface area (Å²) in [5, 5.41) is 0. The Balaban J connectivity index is 3.43. The van der Waals surface area contributed by atoms with Crippen LogP contribution in [-0.4, -0.2) is 36.9 Å². The first-order valence-electron chi connectivity index (χ1n) is 7.97. The molecule has 0 saturated carbocycles. The number of hydrogen-bond donors (Lipinski definition) is 0. The highest BCUT2D eigenvalue weighted by Crippen LogP contribution is 2.29. The second-order valence-corrected chi connectivity index (χ2v) is 6.52. The number of aryl methyl sites for hydroxylation is 1. The van der Waals surface area contributed by atoms with E-state index in [-0.39, 0.29) is 11.8 Å². The molecule has 1 rings (SSSR count). The summed E-state index contributed by atoms with van der Waals surface area (Å²) in [4.78, 5) is 14.1. The molecule has 0 radical (unpaired) electrons. The molecule has 0 bridgehead atoms. The van der Waals surface area contributed by atoms with Gasteiger partial charge in [0.15, 0.2) is 0 Å². The first-order valence-corrected chi connectivity index (χ1v) is 8.50. The third kappa shape index (κ3) is 5.08. The number of hydrogen-bond acceptors (Lipinski definition) is 2. The minimum Gasteiger partial charge on any atom is -0.383 e. The van der Waals surface area contributed by atoms with Gasteiger partial charge in [-0.05, 0) is 43.9 Å². The van der Waals surface area contributed by atoms with Crippen molar-refractivity contribution in [2.75, 3.05) is 26.1 Å². The Morgan fingerprint density at radius 2 is 1.96 bits per heavy atom. The number of methoxy groups -OCH3 is 1. The van der Waals surface area contributed by atoms with Crippen molar-refractivity contribution in [3.8, 4) is 0 Å². The Labute approximate surface area is 145 Å².